The average Bonchev–Trinajstić information content (AvgIpc) is 3.01. The van der Waals surface area contributed by atoms with E-state index < -0.39 is 29.4 Å². The standard InChI is InChI=1S/C28H41NO5/c1-5-6-7-8-9-10-11-12-16-19-23(30)24-25(31)22(20-21-17-14-13-15-18-21)29(26(24)32)27(33)34-28(2,3)4/h13-15,17-18,22,31H,5-12,16,19-20H2,1-4H3/t22-/m0/s1. The lowest BCUT2D eigenvalue weighted by atomic mass is 10.0. The van der Waals surface area contributed by atoms with E-state index in [1.54, 1.807) is 20.8 Å². The molecule has 2 amide bonds. The van der Waals surface area contributed by atoms with Crippen molar-refractivity contribution in [1.82, 2.24) is 4.90 Å². The molecule has 188 valence electrons. The molecule has 34 heavy (non-hydrogen) atoms. The van der Waals surface area contributed by atoms with Crippen LogP contribution < -0.4 is 0 Å². The van der Waals surface area contributed by atoms with E-state index in [1.165, 1.54) is 32.1 Å². The number of ether oxygens (including phenoxy) is 1. The first kappa shape index (κ1) is 27.6. The molecule has 1 aromatic carbocycles. The molecule has 1 aliphatic rings. The largest absolute Gasteiger partial charge is 0.509 e. The molecule has 2 rings (SSSR count). The Morgan fingerprint density at radius 2 is 1.50 bits per heavy atom. The molecule has 1 N–H and O–H groups in total. The molecule has 0 radical (unpaired) electrons. The van der Waals surface area contributed by atoms with Crippen LogP contribution in [-0.4, -0.2) is 39.4 Å². The van der Waals surface area contributed by atoms with Gasteiger partial charge in [-0.15, -0.1) is 0 Å². The molecule has 1 atom stereocenters. The number of benzene rings is 1. The number of ketones is 1. The van der Waals surface area contributed by atoms with Crippen LogP contribution in [0.4, 0.5) is 4.79 Å². The van der Waals surface area contributed by atoms with Gasteiger partial charge in [0.05, 0.1) is 0 Å². The Balaban J connectivity index is 2.02. The molecule has 0 aromatic heterocycles. The van der Waals surface area contributed by atoms with Gasteiger partial charge >= 0.3 is 6.09 Å². The van der Waals surface area contributed by atoms with Crippen molar-refractivity contribution in [3.63, 3.8) is 0 Å². The molecule has 0 unspecified atom stereocenters. The van der Waals surface area contributed by atoms with E-state index in [0.717, 1.165) is 29.7 Å². The lowest BCUT2D eigenvalue weighted by Gasteiger charge is -2.27. The number of unbranched alkanes of at least 4 members (excludes halogenated alkanes) is 8. The highest BCUT2D eigenvalue weighted by molar-refractivity contribution is 6.24. The first-order chi connectivity index (χ1) is 16.2. The average molecular weight is 472 g/mol. The van der Waals surface area contributed by atoms with Gasteiger partial charge in [-0.25, -0.2) is 9.69 Å². The highest BCUT2D eigenvalue weighted by Crippen LogP contribution is 2.30. The number of Topliss-reactive ketones (excluding diaryl/α,β-unsaturated/α-hetero) is 1. The summed E-state index contributed by atoms with van der Waals surface area (Å²) in [6.07, 6.45) is 9.59. The Morgan fingerprint density at radius 1 is 0.941 bits per heavy atom. The van der Waals surface area contributed by atoms with Crippen LogP contribution in [0.25, 0.3) is 0 Å². The molecule has 1 aromatic rings. The van der Waals surface area contributed by atoms with Gasteiger partial charge in [0, 0.05) is 12.8 Å². The molecule has 0 aliphatic carbocycles. The van der Waals surface area contributed by atoms with Crippen LogP contribution in [0.2, 0.25) is 0 Å². The second-order valence-corrected chi connectivity index (χ2v) is 10.1. The Bertz CT molecular complexity index is 853. The van der Waals surface area contributed by atoms with Gasteiger partial charge in [0.1, 0.15) is 23.0 Å². The van der Waals surface area contributed by atoms with E-state index in [-0.39, 0.29) is 24.2 Å². The predicted octanol–water partition coefficient (Wildman–Crippen LogP) is 6.68. The molecule has 1 aliphatic heterocycles. The van der Waals surface area contributed by atoms with Crippen LogP contribution in [0.1, 0.15) is 97.5 Å². The van der Waals surface area contributed by atoms with Gasteiger partial charge in [0.25, 0.3) is 5.91 Å². The van der Waals surface area contributed by atoms with Gasteiger partial charge in [-0.05, 0) is 32.8 Å². The van der Waals surface area contributed by atoms with Gasteiger partial charge in [0.2, 0.25) is 0 Å². The highest BCUT2D eigenvalue weighted by atomic mass is 16.6. The van der Waals surface area contributed by atoms with Crippen molar-refractivity contribution >= 4 is 17.8 Å². The SMILES string of the molecule is CCCCCCCCCCCC(=O)C1=C(O)[C@H](Cc2ccccc2)N(C(=O)OC(C)(C)C)C1=O. The smallest absolute Gasteiger partial charge is 0.418 e. The van der Waals surface area contributed by atoms with Crippen molar-refractivity contribution in [3.8, 4) is 0 Å². The van der Waals surface area contributed by atoms with E-state index in [2.05, 4.69) is 6.92 Å². The number of imide groups is 1. The van der Waals surface area contributed by atoms with E-state index in [1.807, 2.05) is 30.3 Å². The third-order valence-corrected chi connectivity index (χ3v) is 5.96. The molecule has 0 saturated heterocycles. The molecular formula is C28H41NO5. The van der Waals surface area contributed by atoms with Crippen LogP contribution >= 0.6 is 0 Å². The third-order valence-electron chi connectivity index (χ3n) is 5.96. The lowest BCUT2D eigenvalue weighted by molar-refractivity contribution is -0.128. The fourth-order valence-corrected chi connectivity index (χ4v) is 4.19. The summed E-state index contributed by atoms with van der Waals surface area (Å²) < 4.78 is 5.41. The topological polar surface area (TPSA) is 83.9 Å². The number of carbonyl (C=O) groups is 3. The summed E-state index contributed by atoms with van der Waals surface area (Å²) in [5, 5.41) is 10.9. The summed E-state index contributed by atoms with van der Waals surface area (Å²) in [6.45, 7) is 7.33. The number of hydrogen-bond donors (Lipinski definition) is 1. The van der Waals surface area contributed by atoms with Gasteiger partial charge < -0.3 is 9.84 Å². The molecule has 6 heteroatoms. The van der Waals surface area contributed by atoms with Crippen molar-refractivity contribution in [1.29, 1.82) is 0 Å². The molecule has 6 nitrogen and oxygen atoms in total. The Kier molecular flexibility index (Phi) is 10.8. The highest BCUT2D eigenvalue weighted by Gasteiger charge is 2.47. The summed E-state index contributed by atoms with van der Waals surface area (Å²) in [7, 11) is 0. The normalized spacial score (nSPS) is 16.3. The van der Waals surface area contributed by atoms with E-state index in [4.69, 9.17) is 4.74 Å². The number of aliphatic hydroxyl groups excluding tert-OH is 1. The lowest BCUT2D eigenvalue weighted by Crippen LogP contribution is -2.45. The number of hydrogen-bond acceptors (Lipinski definition) is 5. The summed E-state index contributed by atoms with van der Waals surface area (Å²) in [4.78, 5) is 39.8. The molecule has 1 heterocycles. The quantitative estimate of drug-likeness (QED) is 0.256. The second kappa shape index (κ2) is 13.3. The number of rotatable bonds is 13. The fourth-order valence-electron chi connectivity index (χ4n) is 4.19. The molecule has 0 fully saturated rings. The van der Waals surface area contributed by atoms with Gasteiger partial charge in [-0.3, -0.25) is 9.59 Å². The molecule has 0 saturated carbocycles. The zero-order valence-corrected chi connectivity index (χ0v) is 21.3. The number of carbonyl (C=O) groups excluding carboxylic acids is 3. The number of nitrogens with zero attached hydrogens (tertiary/aromatic N) is 1. The van der Waals surface area contributed by atoms with Crippen molar-refractivity contribution in [3.05, 3.63) is 47.2 Å². The van der Waals surface area contributed by atoms with Crippen LogP contribution in [0.5, 0.6) is 0 Å². The maximum atomic E-state index is 13.1. The number of aliphatic hydroxyl groups is 1. The van der Waals surface area contributed by atoms with Crippen LogP contribution in [0, 0.1) is 0 Å². The minimum Gasteiger partial charge on any atom is -0.509 e. The molecule has 0 bridgehead atoms. The summed E-state index contributed by atoms with van der Waals surface area (Å²) in [5.41, 5.74) is -0.243. The summed E-state index contributed by atoms with van der Waals surface area (Å²) in [6, 6.07) is 8.32. The van der Waals surface area contributed by atoms with E-state index in [9.17, 15) is 19.5 Å². The van der Waals surface area contributed by atoms with Crippen LogP contribution in [0.3, 0.4) is 0 Å². The van der Waals surface area contributed by atoms with E-state index in [0.29, 0.717) is 6.42 Å². The zero-order chi connectivity index (χ0) is 25.1. The molecular weight excluding hydrogens is 430 g/mol. The van der Waals surface area contributed by atoms with Crippen molar-refractivity contribution in [2.24, 2.45) is 0 Å². The minimum atomic E-state index is -0.952. The predicted molar refractivity (Wildman–Crippen MR) is 134 cm³/mol. The zero-order valence-electron chi connectivity index (χ0n) is 21.3. The first-order valence-corrected chi connectivity index (χ1v) is 12.7. The summed E-state index contributed by atoms with van der Waals surface area (Å²) >= 11 is 0. The van der Waals surface area contributed by atoms with Crippen molar-refractivity contribution < 1.29 is 24.2 Å². The minimum absolute atomic E-state index is 0.182. The Labute approximate surface area is 204 Å². The van der Waals surface area contributed by atoms with Crippen molar-refractivity contribution in [2.45, 2.75) is 110 Å². The van der Waals surface area contributed by atoms with Crippen LogP contribution in [0.15, 0.2) is 41.7 Å². The molecule has 0 spiro atoms. The van der Waals surface area contributed by atoms with Crippen molar-refractivity contribution in [2.75, 3.05) is 0 Å². The maximum Gasteiger partial charge on any atom is 0.418 e. The second-order valence-electron chi connectivity index (χ2n) is 10.1. The monoisotopic (exact) mass is 471 g/mol. The third kappa shape index (κ3) is 8.30. The number of amides is 2. The fraction of sp³-hybridized carbons (Fsp3) is 0.607. The van der Waals surface area contributed by atoms with Gasteiger partial charge in [-0.1, -0.05) is 88.6 Å². The van der Waals surface area contributed by atoms with E-state index >= 15 is 0 Å². The Morgan fingerprint density at radius 3 is 2.06 bits per heavy atom. The maximum absolute atomic E-state index is 13.1. The van der Waals surface area contributed by atoms with Crippen LogP contribution in [-0.2, 0) is 20.7 Å². The van der Waals surface area contributed by atoms with Gasteiger partial charge in [0.15, 0.2) is 5.78 Å². The first-order valence-electron chi connectivity index (χ1n) is 12.7. The van der Waals surface area contributed by atoms with Gasteiger partial charge in [-0.2, -0.15) is 0 Å². The summed E-state index contributed by atoms with van der Waals surface area (Å²) in [5.74, 6) is -1.51. The Hall–Kier alpha value is -2.63.